The Morgan fingerprint density at radius 2 is 2.25 bits per heavy atom. The zero-order chi connectivity index (χ0) is 12.0. The molecule has 86 valence electrons. The van der Waals surface area contributed by atoms with Crippen LogP contribution in [0.25, 0.3) is 0 Å². The van der Waals surface area contributed by atoms with Gasteiger partial charge < -0.3 is 9.53 Å². The van der Waals surface area contributed by atoms with Gasteiger partial charge in [0, 0.05) is 11.3 Å². The van der Waals surface area contributed by atoms with Crippen LogP contribution >= 0.6 is 12.6 Å². The maximum Gasteiger partial charge on any atom is 0.338 e. The molecule has 1 aromatic carbocycles. The molecule has 16 heavy (non-hydrogen) atoms. The van der Waals surface area contributed by atoms with Gasteiger partial charge in [0.25, 0.3) is 0 Å². The van der Waals surface area contributed by atoms with Crippen LogP contribution in [0, 0.1) is 0 Å². The number of aldehydes is 1. The highest BCUT2D eigenvalue weighted by molar-refractivity contribution is 7.80. The quantitative estimate of drug-likeness (QED) is 0.486. The lowest BCUT2D eigenvalue weighted by molar-refractivity contribution is -0.107. The van der Waals surface area contributed by atoms with Gasteiger partial charge in [-0.25, -0.2) is 4.79 Å². The second-order valence-electron chi connectivity index (χ2n) is 3.27. The summed E-state index contributed by atoms with van der Waals surface area (Å²) in [5.74, 6) is -0.347. The molecule has 3 nitrogen and oxygen atoms in total. The van der Waals surface area contributed by atoms with Crippen molar-refractivity contribution in [2.75, 3.05) is 6.61 Å². The molecule has 0 heterocycles. The molecule has 0 spiro atoms. The number of carbonyl (C=O) groups is 2. The summed E-state index contributed by atoms with van der Waals surface area (Å²) in [6.45, 7) is 2.12. The molecule has 1 rings (SSSR count). The van der Waals surface area contributed by atoms with E-state index in [-0.39, 0.29) is 5.97 Å². The molecule has 0 aliphatic carbocycles. The molecule has 0 saturated heterocycles. The second-order valence-corrected chi connectivity index (χ2v) is 3.75. The lowest BCUT2D eigenvalue weighted by atomic mass is 10.1. The van der Waals surface area contributed by atoms with Crippen molar-refractivity contribution in [3.05, 3.63) is 29.3 Å². The number of aryl methyl sites for hydroxylation is 1. The Hall–Kier alpha value is -1.29. The maximum absolute atomic E-state index is 11.4. The third-order valence-electron chi connectivity index (χ3n) is 2.13. The van der Waals surface area contributed by atoms with Crippen LogP contribution in [0.4, 0.5) is 0 Å². The van der Waals surface area contributed by atoms with Gasteiger partial charge in [0.05, 0.1) is 12.2 Å². The van der Waals surface area contributed by atoms with Crippen molar-refractivity contribution in [2.45, 2.75) is 24.7 Å². The molecule has 1 aromatic rings. The van der Waals surface area contributed by atoms with E-state index in [4.69, 9.17) is 4.74 Å². The summed E-state index contributed by atoms with van der Waals surface area (Å²) in [5, 5.41) is 0. The Kier molecular flexibility index (Phi) is 5.05. The van der Waals surface area contributed by atoms with Crippen molar-refractivity contribution < 1.29 is 14.3 Å². The van der Waals surface area contributed by atoms with Crippen LogP contribution in [0.2, 0.25) is 0 Å². The molecule has 0 saturated carbocycles. The predicted molar refractivity (Wildman–Crippen MR) is 64.0 cm³/mol. The number of carbonyl (C=O) groups excluding carboxylic acids is 2. The van der Waals surface area contributed by atoms with E-state index < -0.39 is 0 Å². The summed E-state index contributed by atoms with van der Waals surface area (Å²) in [6, 6.07) is 5.16. The number of ether oxygens (including phenoxy) is 1. The van der Waals surface area contributed by atoms with Crippen LogP contribution in [0.15, 0.2) is 23.1 Å². The molecule has 4 heteroatoms. The minimum atomic E-state index is -0.347. The minimum absolute atomic E-state index is 0.347. The topological polar surface area (TPSA) is 43.4 Å². The molecule has 0 aromatic heterocycles. The van der Waals surface area contributed by atoms with E-state index in [1.807, 2.05) is 0 Å². The molecule has 0 N–H and O–H groups in total. The van der Waals surface area contributed by atoms with Crippen molar-refractivity contribution in [1.29, 1.82) is 0 Å². The summed E-state index contributed by atoms with van der Waals surface area (Å²) < 4.78 is 4.87. The smallest absolute Gasteiger partial charge is 0.338 e. The third-order valence-corrected chi connectivity index (χ3v) is 2.54. The first-order chi connectivity index (χ1) is 7.69. The van der Waals surface area contributed by atoms with E-state index in [1.165, 1.54) is 0 Å². The summed E-state index contributed by atoms with van der Waals surface area (Å²) in [5.41, 5.74) is 1.45. The Balaban J connectivity index is 2.81. The first-order valence-electron chi connectivity index (χ1n) is 5.11. The van der Waals surface area contributed by atoms with Crippen LogP contribution in [0.1, 0.15) is 29.3 Å². The van der Waals surface area contributed by atoms with Gasteiger partial charge >= 0.3 is 5.97 Å². The molecule has 0 bridgehead atoms. The van der Waals surface area contributed by atoms with Crippen molar-refractivity contribution in [2.24, 2.45) is 0 Å². The van der Waals surface area contributed by atoms with Gasteiger partial charge in [0.15, 0.2) is 0 Å². The van der Waals surface area contributed by atoms with E-state index >= 15 is 0 Å². The Labute approximate surface area is 100 Å². The highest BCUT2D eigenvalue weighted by Crippen LogP contribution is 2.18. The summed E-state index contributed by atoms with van der Waals surface area (Å²) >= 11 is 4.28. The van der Waals surface area contributed by atoms with Crippen molar-refractivity contribution >= 4 is 24.9 Å². The fraction of sp³-hybridized carbons (Fsp3) is 0.333. The number of esters is 1. The summed E-state index contributed by atoms with van der Waals surface area (Å²) in [7, 11) is 0. The van der Waals surface area contributed by atoms with E-state index in [1.54, 1.807) is 25.1 Å². The van der Waals surface area contributed by atoms with Gasteiger partial charge in [-0.15, -0.1) is 12.6 Å². The maximum atomic E-state index is 11.4. The van der Waals surface area contributed by atoms with E-state index in [0.29, 0.717) is 29.9 Å². The normalized spacial score (nSPS) is 9.88. The SMILES string of the molecule is CCOC(=O)c1ccc(CCC=O)c(S)c1. The first kappa shape index (κ1) is 12.8. The molecule has 0 unspecified atom stereocenters. The molecule has 0 atom stereocenters. The Morgan fingerprint density at radius 1 is 1.50 bits per heavy atom. The first-order valence-corrected chi connectivity index (χ1v) is 5.56. The lowest BCUT2D eigenvalue weighted by Crippen LogP contribution is -2.05. The van der Waals surface area contributed by atoms with Crippen LogP contribution in [-0.4, -0.2) is 18.9 Å². The number of hydrogen-bond donors (Lipinski definition) is 1. The van der Waals surface area contributed by atoms with Gasteiger partial charge in [0.1, 0.15) is 6.29 Å². The molecular weight excluding hydrogens is 224 g/mol. The Morgan fingerprint density at radius 3 is 2.81 bits per heavy atom. The fourth-order valence-corrected chi connectivity index (χ4v) is 1.66. The number of hydrogen-bond acceptors (Lipinski definition) is 4. The summed E-state index contributed by atoms with van der Waals surface area (Å²) in [6.07, 6.45) is 1.98. The average Bonchev–Trinajstić information content (AvgIpc) is 2.27. The highest BCUT2D eigenvalue weighted by Gasteiger charge is 2.08. The van der Waals surface area contributed by atoms with Gasteiger partial charge in [-0.1, -0.05) is 6.07 Å². The van der Waals surface area contributed by atoms with Gasteiger partial charge in [-0.3, -0.25) is 0 Å². The molecule has 0 amide bonds. The average molecular weight is 238 g/mol. The predicted octanol–water partition coefficient (Wildman–Crippen LogP) is 2.28. The zero-order valence-corrected chi connectivity index (χ0v) is 10.00. The number of thiol groups is 1. The van der Waals surface area contributed by atoms with Crippen molar-refractivity contribution in [3.8, 4) is 0 Å². The standard InChI is InChI=1S/C12H14O3S/c1-2-15-12(14)10-6-5-9(4-3-7-13)11(16)8-10/h5-8,16H,2-4H2,1H3. The number of rotatable bonds is 5. The second kappa shape index (κ2) is 6.33. The molecule has 0 radical (unpaired) electrons. The molecule has 0 fully saturated rings. The minimum Gasteiger partial charge on any atom is -0.462 e. The number of benzene rings is 1. The van der Waals surface area contributed by atoms with Crippen LogP contribution < -0.4 is 0 Å². The Bertz CT molecular complexity index is 388. The zero-order valence-electron chi connectivity index (χ0n) is 9.10. The largest absolute Gasteiger partial charge is 0.462 e. The molecule has 0 aliphatic rings. The van der Waals surface area contributed by atoms with Crippen LogP contribution in [0.3, 0.4) is 0 Å². The third kappa shape index (κ3) is 3.38. The van der Waals surface area contributed by atoms with Crippen LogP contribution in [-0.2, 0) is 16.0 Å². The highest BCUT2D eigenvalue weighted by atomic mass is 32.1. The molecule has 0 aliphatic heterocycles. The van der Waals surface area contributed by atoms with Gasteiger partial charge in [0.2, 0.25) is 0 Å². The monoisotopic (exact) mass is 238 g/mol. The summed E-state index contributed by atoms with van der Waals surface area (Å²) in [4.78, 5) is 22.4. The molecular formula is C12H14O3S. The van der Waals surface area contributed by atoms with Gasteiger partial charge in [-0.05, 0) is 31.0 Å². The van der Waals surface area contributed by atoms with Crippen LogP contribution in [0.5, 0.6) is 0 Å². The van der Waals surface area contributed by atoms with E-state index in [9.17, 15) is 9.59 Å². The van der Waals surface area contributed by atoms with Crippen molar-refractivity contribution in [3.63, 3.8) is 0 Å². The lowest BCUT2D eigenvalue weighted by Gasteiger charge is -2.06. The van der Waals surface area contributed by atoms with Gasteiger partial charge in [-0.2, -0.15) is 0 Å². The van der Waals surface area contributed by atoms with E-state index in [2.05, 4.69) is 12.6 Å². The van der Waals surface area contributed by atoms with E-state index in [0.717, 1.165) is 11.8 Å². The van der Waals surface area contributed by atoms with Crippen molar-refractivity contribution in [1.82, 2.24) is 0 Å². The fourth-order valence-electron chi connectivity index (χ4n) is 1.33.